The van der Waals surface area contributed by atoms with Gasteiger partial charge >= 0.3 is 12.1 Å². The van der Waals surface area contributed by atoms with Crippen molar-refractivity contribution >= 4 is 23.7 Å². The van der Waals surface area contributed by atoms with Gasteiger partial charge in [-0.2, -0.15) is 13.2 Å². The molecule has 2 N–H and O–H groups in total. The highest BCUT2D eigenvalue weighted by Crippen LogP contribution is 2.32. The van der Waals surface area contributed by atoms with Gasteiger partial charge in [-0.05, 0) is 36.4 Å². The molecule has 3 amide bonds. The fourth-order valence-electron chi connectivity index (χ4n) is 3.38. The molecule has 0 saturated carbocycles. The molecule has 2 aromatic rings. The van der Waals surface area contributed by atoms with Gasteiger partial charge in [0.1, 0.15) is 0 Å². The topological polar surface area (TPSA) is 107 Å². The highest BCUT2D eigenvalue weighted by molar-refractivity contribution is 5.98. The first-order valence-corrected chi connectivity index (χ1v) is 9.92. The maximum atomic E-state index is 13.2. The lowest BCUT2D eigenvalue weighted by Gasteiger charge is -2.35. The van der Waals surface area contributed by atoms with E-state index in [1.165, 1.54) is 46.2 Å². The molecule has 2 aromatic carbocycles. The average Bonchev–Trinajstić information content (AvgIpc) is 2.81. The first-order chi connectivity index (χ1) is 15.6. The summed E-state index contributed by atoms with van der Waals surface area (Å²) in [5.74, 6) is -2.85. The Morgan fingerprint density at radius 1 is 0.848 bits per heavy atom. The normalized spacial score (nSPS) is 14.0. The number of aromatic carboxylic acids is 1. The van der Waals surface area contributed by atoms with Crippen LogP contribution in [0.2, 0.25) is 0 Å². The summed E-state index contributed by atoms with van der Waals surface area (Å²) in [4.78, 5) is 50.7. The molecule has 1 aliphatic rings. The van der Waals surface area contributed by atoms with Crippen LogP contribution in [0.5, 0.6) is 0 Å². The fraction of sp³-hybridized carbons (Fsp3) is 0.273. The molecule has 8 nitrogen and oxygen atoms in total. The molecule has 0 aliphatic carbocycles. The van der Waals surface area contributed by atoms with Crippen LogP contribution in [-0.4, -0.2) is 71.3 Å². The molecule has 33 heavy (non-hydrogen) atoms. The lowest BCUT2D eigenvalue weighted by Crippen LogP contribution is -2.52. The number of rotatable bonds is 5. The van der Waals surface area contributed by atoms with Crippen LogP contribution in [0.3, 0.4) is 0 Å². The number of amides is 3. The maximum absolute atomic E-state index is 13.2. The zero-order valence-electron chi connectivity index (χ0n) is 17.3. The third-order valence-corrected chi connectivity index (χ3v) is 5.18. The lowest BCUT2D eigenvalue weighted by molar-refractivity contribution is -0.138. The highest BCUT2D eigenvalue weighted by atomic mass is 19.4. The molecule has 0 unspecified atom stereocenters. The van der Waals surface area contributed by atoms with Crippen molar-refractivity contribution in [2.24, 2.45) is 0 Å². The van der Waals surface area contributed by atoms with E-state index in [0.29, 0.717) is 0 Å². The fourth-order valence-corrected chi connectivity index (χ4v) is 3.38. The number of carboxylic acid groups (broad SMARTS) is 1. The predicted molar refractivity (Wildman–Crippen MR) is 110 cm³/mol. The van der Waals surface area contributed by atoms with Crippen LogP contribution in [0.1, 0.15) is 36.6 Å². The van der Waals surface area contributed by atoms with E-state index in [9.17, 15) is 32.3 Å². The van der Waals surface area contributed by atoms with Crippen LogP contribution in [0.15, 0.2) is 48.5 Å². The lowest BCUT2D eigenvalue weighted by atomic mass is 10.1. The number of carboxylic acids is 1. The number of hydrogen-bond acceptors (Lipinski definition) is 4. The second-order valence-electron chi connectivity index (χ2n) is 7.28. The maximum Gasteiger partial charge on any atom is 0.417 e. The summed E-state index contributed by atoms with van der Waals surface area (Å²) in [5.41, 5.74) is -1.24. The molecule has 174 valence electrons. The second-order valence-corrected chi connectivity index (χ2v) is 7.28. The van der Waals surface area contributed by atoms with Crippen LogP contribution >= 0.6 is 0 Å². The molecular formula is C22H20F3N3O5. The van der Waals surface area contributed by atoms with Gasteiger partial charge in [-0.1, -0.05) is 12.1 Å². The number of piperazine rings is 1. The zero-order valence-corrected chi connectivity index (χ0v) is 17.3. The van der Waals surface area contributed by atoms with Gasteiger partial charge in [0.15, 0.2) is 0 Å². The molecule has 0 atom stereocenters. The molecule has 1 aliphatic heterocycles. The first-order valence-electron chi connectivity index (χ1n) is 9.92. The van der Waals surface area contributed by atoms with Gasteiger partial charge in [-0.3, -0.25) is 14.4 Å². The third kappa shape index (κ3) is 5.68. The second kappa shape index (κ2) is 9.72. The standard InChI is InChI=1S/C22H20F3N3O5/c23-22(24,25)17-4-2-1-3-16(17)20(31)28-11-9-27(10-12-28)18(29)13-26-19(30)14-5-7-15(8-6-14)21(32)33/h1-8H,9-13H2,(H,26,30)(H,32,33). The van der Waals surface area contributed by atoms with E-state index in [4.69, 9.17) is 5.11 Å². The van der Waals surface area contributed by atoms with Crippen molar-refractivity contribution in [3.8, 4) is 0 Å². The predicted octanol–water partition coefficient (Wildman–Crippen LogP) is 2.12. The summed E-state index contributed by atoms with van der Waals surface area (Å²) in [6, 6.07) is 9.74. The Labute approximate surface area is 186 Å². The average molecular weight is 463 g/mol. The van der Waals surface area contributed by atoms with Crippen molar-refractivity contribution in [3.05, 3.63) is 70.8 Å². The number of alkyl halides is 3. The van der Waals surface area contributed by atoms with E-state index in [1.54, 1.807) is 0 Å². The van der Waals surface area contributed by atoms with Crippen molar-refractivity contribution in [2.75, 3.05) is 32.7 Å². The Balaban J connectivity index is 1.52. The van der Waals surface area contributed by atoms with Gasteiger partial charge in [-0.15, -0.1) is 0 Å². The van der Waals surface area contributed by atoms with Crippen molar-refractivity contribution < 1.29 is 37.5 Å². The number of nitrogens with one attached hydrogen (secondary N) is 1. The smallest absolute Gasteiger partial charge is 0.417 e. The van der Waals surface area contributed by atoms with Gasteiger partial charge in [-0.25, -0.2) is 4.79 Å². The highest BCUT2D eigenvalue weighted by Gasteiger charge is 2.36. The van der Waals surface area contributed by atoms with E-state index >= 15 is 0 Å². The summed E-state index contributed by atoms with van der Waals surface area (Å²) >= 11 is 0. The van der Waals surface area contributed by atoms with Gasteiger partial charge < -0.3 is 20.2 Å². The Bertz CT molecular complexity index is 1060. The van der Waals surface area contributed by atoms with Gasteiger partial charge in [0.05, 0.1) is 23.2 Å². The Morgan fingerprint density at radius 2 is 1.39 bits per heavy atom. The summed E-state index contributed by atoms with van der Waals surface area (Å²) in [6.45, 7) is 0.0248. The van der Waals surface area contributed by atoms with E-state index < -0.39 is 41.0 Å². The molecule has 1 fully saturated rings. The van der Waals surface area contributed by atoms with Crippen LogP contribution in [0.25, 0.3) is 0 Å². The Hall–Kier alpha value is -3.89. The number of benzene rings is 2. The largest absolute Gasteiger partial charge is 0.478 e. The molecule has 3 rings (SSSR count). The molecule has 1 heterocycles. The molecular weight excluding hydrogens is 443 g/mol. The van der Waals surface area contributed by atoms with Crippen molar-refractivity contribution in [1.29, 1.82) is 0 Å². The van der Waals surface area contributed by atoms with Crippen LogP contribution in [0.4, 0.5) is 13.2 Å². The first kappa shape index (κ1) is 23.8. The Morgan fingerprint density at radius 3 is 1.97 bits per heavy atom. The van der Waals surface area contributed by atoms with Crippen LogP contribution in [0, 0.1) is 0 Å². The van der Waals surface area contributed by atoms with Gasteiger partial charge in [0.25, 0.3) is 11.8 Å². The van der Waals surface area contributed by atoms with Crippen molar-refractivity contribution in [1.82, 2.24) is 15.1 Å². The molecule has 0 radical (unpaired) electrons. The number of nitrogens with zero attached hydrogens (tertiary/aromatic N) is 2. The summed E-state index contributed by atoms with van der Waals surface area (Å²) < 4.78 is 39.6. The van der Waals surface area contributed by atoms with Gasteiger partial charge in [0.2, 0.25) is 5.91 Å². The minimum absolute atomic E-state index is 0.0212. The summed E-state index contributed by atoms with van der Waals surface area (Å²) in [5, 5.41) is 11.3. The SMILES string of the molecule is O=C(O)c1ccc(C(=O)NCC(=O)N2CCN(C(=O)c3ccccc3C(F)(F)F)CC2)cc1. The minimum Gasteiger partial charge on any atom is -0.478 e. The molecule has 0 aromatic heterocycles. The van der Waals surface area contributed by atoms with Gasteiger partial charge in [0, 0.05) is 31.7 Å². The van der Waals surface area contributed by atoms with E-state index in [-0.39, 0.29) is 43.9 Å². The minimum atomic E-state index is -4.66. The van der Waals surface area contributed by atoms with E-state index in [2.05, 4.69) is 5.32 Å². The monoisotopic (exact) mass is 463 g/mol. The van der Waals surface area contributed by atoms with Crippen LogP contribution in [-0.2, 0) is 11.0 Å². The quantitative estimate of drug-likeness (QED) is 0.707. The van der Waals surface area contributed by atoms with Crippen LogP contribution < -0.4 is 5.32 Å². The van der Waals surface area contributed by atoms with Crippen molar-refractivity contribution in [2.45, 2.75) is 6.18 Å². The zero-order chi connectivity index (χ0) is 24.2. The molecule has 1 saturated heterocycles. The van der Waals surface area contributed by atoms with E-state index in [1.807, 2.05) is 0 Å². The number of hydrogen-bond donors (Lipinski definition) is 2. The number of carbonyl (C=O) groups is 4. The number of carbonyl (C=O) groups excluding carboxylic acids is 3. The molecule has 11 heteroatoms. The molecule has 0 bridgehead atoms. The number of halogens is 3. The van der Waals surface area contributed by atoms with E-state index in [0.717, 1.165) is 12.1 Å². The molecule has 0 spiro atoms. The third-order valence-electron chi connectivity index (χ3n) is 5.18. The van der Waals surface area contributed by atoms with Crippen molar-refractivity contribution in [3.63, 3.8) is 0 Å². The Kier molecular flexibility index (Phi) is 7.00. The summed E-state index contributed by atoms with van der Waals surface area (Å²) in [7, 11) is 0. The summed E-state index contributed by atoms with van der Waals surface area (Å²) in [6.07, 6.45) is -4.66.